The van der Waals surface area contributed by atoms with Crippen LogP contribution in [0.3, 0.4) is 0 Å². The summed E-state index contributed by atoms with van der Waals surface area (Å²) in [5.74, 6) is 1.48. The third-order valence-corrected chi connectivity index (χ3v) is 4.76. The van der Waals surface area contributed by atoms with Gasteiger partial charge in [-0.1, -0.05) is 18.2 Å². The zero-order valence-electron chi connectivity index (χ0n) is 12.5. The highest BCUT2D eigenvalue weighted by Gasteiger charge is 2.36. The van der Waals surface area contributed by atoms with E-state index in [2.05, 4.69) is 18.7 Å². The van der Waals surface area contributed by atoms with Gasteiger partial charge in [0.2, 0.25) is 0 Å². The summed E-state index contributed by atoms with van der Waals surface area (Å²) in [6.45, 7) is 5.64. The van der Waals surface area contributed by atoms with Gasteiger partial charge in [0.15, 0.2) is 0 Å². The summed E-state index contributed by atoms with van der Waals surface area (Å²) < 4.78 is 5.23. The molecular formula is C18H24O2. The van der Waals surface area contributed by atoms with Crippen molar-refractivity contribution < 1.29 is 9.53 Å². The normalized spacial score (nSPS) is 26.0. The second-order valence-corrected chi connectivity index (χ2v) is 5.89. The molecule has 20 heavy (non-hydrogen) atoms. The zero-order chi connectivity index (χ0) is 14.6. The van der Waals surface area contributed by atoms with E-state index in [9.17, 15) is 4.79 Å². The monoisotopic (exact) mass is 272 g/mol. The first-order valence-electron chi connectivity index (χ1n) is 7.37. The van der Waals surface area contributed by atoms with Crippen LogP contribution in [0, 0.1) is 5.92 Å². The Hall–Kier alpha value is -1.57. The molecule has 1 aromatic carbocycles. The smallest absolute Gasteiger partial charge is 0.132 e. The molecular weight excluding hydrogens is 248 g/mol. The van der Waals surface area contributed by atoms with Gasteiger partial charge >= 0.3 is 0 Å². The Morgan fingerprint density at radius 3 is 2.40 bits per heavy atom. The number of carbonyl (C=O) groups excluding carboxylic acids is 1. The predicted octanol–water partition coefficient (Wildman–Crippen LogP) is 4.29. The van der Waals surface area contributed by atoms with Crippen molar-refractivity contribution in [3.8, 4) is 5.75 Å². The minimum Gasteiger partial charge on any atom is -0.497 e. The number of ether oxygens (including phenoxy) is 1. The third-order valence-electron chi connectivity index (χ3n) is 4.76. The highest BCUT2D eigenvalue weighted by Crippen LogP contribution is 2.44. The summed E-state index contributed by atoms with van der Waals surface area (Å²) in [5.41, 5.74) is 1.50. The minimum absolute atomic E-state index is 0.153. The van der Waals surface area contributed by atoms with Crippen LogP contribution >= 0.6 is 0 Å². The van der Waals surface area contributed by atoms with Gasteiger partial charge in [-0.25, -0.2) is 0 Å². The zero-order valence-corrected chi connectivity index (χ0v) is 12.5. The van der Waals surface area contributed by atoms with E-state index in [1.165, 1.54) is 5.56 Å². The maximum atomic E-state index is 11.6. The number of ketones is 1. The van der Waals surface area contributed by atoms with Gasteiger partial charge in [-0.15, -0.1) is 6.58 Å². The fourth-order valence-electron chi connectivity index (χ4n) is 3.41. The van der Waals surface area contributed by atoms with Gasteiger partial charge in [0.1, 0.15) is 11.5 Å². The molecule has 1 fully saturated rings. The molecule has 2 nitrogen and oxygen atoms in total. The highest BCUT2D eigenvalue weighted by atomic mass is 16.5. The molecule has 0 aromatic heterocycles. The van der Waals surface area contributed by atoms with Gasteiger partial charge in [-0.3, -0.25) is 4.79 Å². The SMILES string of the molecule is C=CCC1(c2ccc(OC)cc2)CCC(C(C)=O)CC1. The molecule has 0 saturated heterocycles. The van der Waals surface area contributed by atoms with Crippen molar-refractivity contribution in [1.82, 2.24) is 0 Å². The number of hydrogen-bond acceptors (Lipinski definition) is 2. The lowest BCUT2D eigenvalue weighted by Crippen LogP contribution is -2.33. The average Bonchev–Trinajstić information content (AvgIpc) is 2.48. The molecule has 0 aliphatic heterocycles. The molecule has 0 radical (unpaired) electrons. The van der Waals surface area contributed by atoms with E-state index in [0.717, 1.165) is 37.9 Å². The first kappa shape index (κ1) is 14.8. The van der Waals surface area contributed by atoms with Gasteiger partial charge in [0.05, 0.1) is 7.11 Å². The summed E-state index contributed by atoms with van der Waals surface area (Å²) in [4.78, 5) is 11.6. The number of Topliss-reactive ketones (excluding diaryl/α,β-unsaturated/α-hetero) is 1. The molecule has 1 aliphatic carbocycles. The number of hydrogen-bond donors (Lipinski definition) is 0. The lowest BCUT2D eigenvalue weighted by Gasteiger charge is -2.39. The number of rotatable bonds is 5. The number of carbonyl (C=O) groups is 1. The first-order valence-corrected chi connectivity index (χ1v) is 7.37. The fraction of sp³-hybridized carbons (Fsp3) is 0.500. The van der Waals surface area contributed by atoms with Crippen LogP contribution in [0.15, 0.2) is 36.9 Å². The van der Waals surface area contributed by atoms with Crippen molar-refractivity contribution >= 4 is 5.78 Å². The molecule has 1 aromatic rings. The number of allylic oxidation sites excluding steroid dienone is 1. The summed E-state index contributed by atoms with van der Waals surface area (Å²) in [7, 11) is 1.69. The van der Waals surface area contributed by atoms with Crippen molar-refractivity contribution in [2.24, 2.45) is 5.92 Å². The fourth-order valence-corrected chi connectivity index (χ4v) is 3.41. The van der Waals surface area contributed by atoms with Crippen molar-refractivity contribution in [2.45, 2.75) is 44.4 Å². The molecule has 0 heterocycles. The Morgan fingerprint density at radius 1 is 1.35 bits per heavy atom. The van der Waals surface area contributed by atoms with Gasteiger partial charge in [0.25, 0.3) is 0 Å². The van der Waals surface area contributed by atoms with E-state index < -0.39 is 0 Å². The highest BCUT2D eigenvalue weighted by molar-refractivity contribution is 5.78. The molecule has 108 valence electrons. The van der Waals surface area contributed by atoms with Crippen LogP contribution in [-0.4, -0.2) is 12.9 Å². The standard InChI is InChI=1S/C18H24O2/c1-4-11-18(12-9-15(10-13-18)14(2)19)16-5-7-17(20-3)8-6-16/h4-8,15H,1,9-13H2,2-3H3. The van der Waals surface area contributed by atoms with Gasteiger partial charge < -0.3 is 4.74 Å². The Balaban J connectivity index is 2.21. The van der Waals surface area contributed by atoms with Crippen molar-refractivity contribution in [2.75, 3.05) is 7.11 Å². The first-order chi connectivity index (χ1) is 9.61. The van der Waals surface area contributed by atoms with Crippen molar-refractivity contribution in [3.05, 3.63) is 42.5 Å². The maximum absolute atomic E-state index is 11.6. The quantitative estimate of drug-likeness (QED) is 0.747. The Bertz CT molecular complexity index is 465. The van der Waals surface area contributed by atoms with E-state index in [4.69, 9.17) is 4.74 Å². The number of benzene rings is 1. The molecule has 1 saturated carbocycles. The summed E-state index contributed by atoms with van der Waals surface area (Å²) in [6.07, 6.45) is 7.11. The van der Waals surface area contributed by atoms with Crippen LogP contribution in [0.1, 0.15) is 44.6 Å². The molecule has 2 rings (SSSR count). The van der Waals surface area contributed by atoms with Crippen LogP contribution in [0.5, 0.6) is 5.75 Å². The molecule has 2 heteroatoms. The van der Waals surface area contributed by atoms with Crippen LogP contribution < -0.4 is 4.74 Å². The summed E-state index contributed by atoms with van der Waals surface area (Å²) in [6, 6.07) is 8.38. The largest absolute Gasteiger partial charge is 0.497 e. The Kier molecular flexibility index (Phi) is 4.64. The van der Waals surface area contributed by atoms with Gasteiger partial charge in [-0.05, 0) is 62.1 Å². The molecule has 0 bridgehead atoms. The molecule has 1 aliphatic rings. The third kappa shape index (κ3) is 2.95. The number of methoxy groups -OCH3 is 1. The molecule has 0 spiro atoms. The Morgan fingerprint density at radius 2 is 1.95 bits per heavy atom. The van der Waals surface area contributed by atoms with E-state index >= 15 is 0 Å². The molecule has 0 N–H and O–H groups in total. The second-order valence-electron chi connectivity index (χ2n) is 5.89. The minimum atomic E-state index is 0.153. The van der Waals surface area contributed by atoms with E-state index in [1.807, 2.05) is 18.2 Å². The predicted molar refractivity (Wildman–Crippen MR) is 82.1 cm³/mol. The van der Waals surface area contributed by atoms with Crippen LogP contribution in [-0.2, 0) is 10.2 Å². The van der Waals surface area contributed by atoms with E-state index in [-0.39, 0.29) is 11.3 Å². The van der Waals surface area contributed by atoms with E-state index in [0.29, 0.717) is 5.78 Å². The lowest BCUT2D eigenvalue weighted by atomic mass is 9.64. The van der Waals surface area contributed by atoms with E-state index in [1.54, 1.807) is 14.0 Å². The summed E-state index contributed by atoms with van der Waals surface area (Å²) >= 11 is 0. The van der Waals surface area contributed by atoms with Gasteiger partial charge in [-0.2, -0.15) is 0 Å². The molecule has 0 atom stereocenters. The Labute approximate surface area is 121 Å². The summed E-state index contributed by atoms with van der Waals surface area (Å²) in [5, 5.41) is 0. The van der Waals surface area contributed by atoms with Crippen molar-refractivity contribution in [1.29, 1.82) is 0 Å². The maximum Gasteiger partial charge on any atom is 0.132 e. The average molecular weight is 272 g/mol. The lowest BCUT2D eigenvalue weighted by molar-refractivity contribution is -0.122. The van der Waals surface area contributed by atoms with Crippen molar-refractivity contribution in [3.63, 3.8) is 0 Å². The van der Waals surface area contributed by atoms with Crippen LogP contribution in [0.2, 0.25) is 0 Å². The molecule has 0 unspecified atom stereocenters. The topological polar surface area (TPSA) is 26.3 Å². The van der Waals surface area contributed by atoms with Gasteiger partial charge in [0, 0.05) is 5.92 Å². The molecule has 0 amide bonds. The van der Waals surface area contributed by atoms with Crippen LogP contribution in [0.4, 0.5) is 0 Å². The second kappa shape index (κ2) is 6.25. The van der Waals surface area contributed by atoms with Crippen LogP contribution in [0.25, 0.3) is 0 Å².